The van der Waals surface area contributed by atoms with Crippen molar-refractivity contribution in [3.8, 4) is 5.75 Å². The number of carbonyl (C=O) groups is 1. The molecule has 0 fully saturated rings. The number of carbonyl (C=O) groups excluding carboxylic acids is 1. The zero-order valence-electron chi connectivity index (χ0n) is 11.5. The number of rotatable bonds is 6. The standard InChI is InChI=1S/C15H13Cl3N2O2/c16-11-7-12(17)14(13(18)8-11)22-6-2-5-20-15(21)10-3-1-4-19-9-10/h1,3-4,7-9H,2,5-6H2,(H,20,21). The van der Waals surface area contributed by atoms with E-state index < -0.39 is 0 Å². The fourth-order valence-corrected chi connectivity index (χ4v) is 2.64. The van der Waals surface area contributed by atoms with Gasteiger partial charge in [-0.15, -0.1) is 0 Å². The van der Waals surface area contributed by atoms with Crippen LogP contribution in [0.5, 0.6) is 5.75 Å². The number of aromatic nitrogens is 1. The number of nitrogens with zero attached hydrogens (tertiary/aromatic N) is 1. The summed E-state index contributed by atoms with van der Waals surface area (Å²) in [6.45, 7) is 0.838. The number of benzene rings is 1. The Labute approximate surface area is 143 Å². The minimum Gasteiger partial charge on any atom is -0.490 e. The van der Waals surface area contributed by atoms with Crippen LogP contribution in [0.2, 0.25) is 15.1 Å². The van der Waals surface area contributed by atoms with Crippen LogP contribution in [-0.4, -0.2) is 24.0 Å². The molecule has 1 heterocycles. The molecule has 22 heavy (non-hydrogen) atoms. The summed E-state index contributed by atoms with van der Waals surface area (Å²) < 4.78 is 5.52. The van der Waals surface area contributed by atoms with Crippen molar-refractivity contribution >= 4 is 40.7 Å². The molecule has 116 valence electrons. The highest BCUT2D eigenvalue weighted by Crippen LogP contribution is 2.35. The van der Waals surface area contributed by atoms with Crippen LogP contribution in [-0.2, 0) is 0 Å². The van der Waals surface area contributed by atoms with E-state index in [4.69, 9.17) is 39.5 Å². The summed E-state index contributed by atoms with van der Waals surface area (Å²) in [5.74, 6) is 0.224. The molecule has 0 saturated carbocycles. The first-order valence-electron chi connectivity index (χ1n) is 6.53. The lowest BCUT2D eigenvalue weighted by molar-refractivity contribution is 0.0951. The number of nitrogens with one attached hydrogen (secondary N) is 1. The molecule has 0 atom stereocenters. The lowest BCUT2D eigenvalue weighted by atomic mass is 10.2. The van der Waals surface area contributed by atoms with Crippen LogP contribution < -0.4 is 10.1 Å². The summed E-state index contributed by atoms with van der Waals surface area (Å²) in [7, 11) is 0. The number of pyridine rings is 1. The minimum atomic E-state index is -0.171. The van der Waals surface area contributed by atoms with Crippen molar-refractivity contribution in [2.45, 2.75) is 6.42 Å². The lowest BCUT2D eigenvalue weighted by Crippen LogP contribution is -2.25. The van der Waals surface area contributed by atoms with E-state index >= 15 is 0 Å². The molecule has 1 amide bonds. The van der Waals surface area contributed by atoms with Crippen LogP contribution in [0.15, 0.2) is 36.7 Å². The first-order valence-corrected chi connectivity index (χ1v) is 7.67. The Bertz CT molecular complexity index is 627. The highest BCUT2D eigenvalue weighted by Gasteiger charge is 2.09. The number of halogens is 3. The van der Waals surface area contributed by atoms with Gasteiger partial charge in [-0.1, -0.05) is 34.8 Å². The molecule has 2 rings (SSSR count). The zero-order valence-corrected chi connectivity index (χ0v) is 13.8. The first-order chi connectivity index (χ1) is 10.6. The molecule has 0 unspecified atom stereocenters. The Kier molecular flexibility index (Phi) is 6.31. The van der Waals surface area contributed by atoms with E-state index in [9.17, 15) is 4.79 Å². The van der Waals surface area contributed by atoms with Crippen molar-refractivity contribution in [3.63, 3.8) is 0 Å². The van der Waals surface area contributed by atoms with E-state index in [0.29, 0.717) is 46.0 Å². The molecule has 0 spiro atoms. The third-order valence-corrected chi connectivity index (χ3v) is 3.52. The molecule has 0 aliphatic heterocycles. The van der Waals surface area contributed by atoms with Gasteiger partial charge in [0.25, 0.3) is 5.91 Å². The maximum absolute atomic E-state index is 11.8. The van der Waals surface area contributed by atoms with Gasteiger partial charge in [-0.05, 0) is 30.7 Å². The lowest BCUT2D eigenvalue weighted by Gasteiger charge is -2.10. The Morgan fingerprint density at radius 3 is 2.59 bits per heavy atom. The maximum Gasteiger partial charge on any atom is 0.252 e. The van der Waals surface area contributed by atoms with Crippen molar-refractivity contribution in [2.24, 2.45) is 0 Å². The van der Waals surface area contributed by atoms with Gasteiger partial charge in [0.05, 0.1) is 22.2 Å². The van der Waals surface area contributed by atoms with Gasteiger partial charge in [-0.25, -0.2) is 0 Å². The highest BCUT2D eigenvalue weighted by atomic mass is 35.5. The average molecular weight is 360 g/mol. The van der Waals surface area contributed by atoms with Crippen LogP contribution in [0.25, 0.3) is 0 Å². The highest BCUT2D eigenvalue weighted by molar-refractivity contribution is 6.40. The van der Waals surface area contributed by atoms with Crippen LogP contribution in [0, 0.1) is 0 Å². The van der Waals surface area contributed by atoms with Gasteiger partial charge in [0.1, 0.15) is 0 Å². The van der Waals surface area contributed by atoms with Crippen LogP contribution in [0.1, 0.15) is 16.8 Å². The molecule has 1 aromatic heterocycles. The topological polar surface area (TPSA) is 51.2 Å². The second-order valence-corrected chi connectivity index (χ2v) is 5.65. The SMILES string of the molecule is O=C(NCCCOc1c(Cl)cc(Cl)cc1Cl)c1cccnc1. The van der Waals surface area contributed by atoms with E-state index in [0.717, 1.165) is 0 Å². The second kappa shape index (κ2) is 8.22. The van der Waals surface area contributed by atoms with E-state index in [1.54, 1.807) is 30.5 Å². The normalized spacial score (nSPS) is 10.3. The predicted octanol–water partition coefficient (Wildman–Crippen LogP) is 4.24. The quantitative estimate of drug-likeness (QED) is 0.785. The van der Waals surface area contributed by atoms with Crippen molar-refractivity contribution < 1.29 is 9.53 Å². The van der Waals surface area contributed by atoms with Crippen molar-refractivity contribution in [1.82, 2.24) is 10.3 Å². The Hall–Kier alpha value is -1.49. The fraction of sp³-hybridized carbons (Fsp3) is 0.200. The summed E-state index contributed by atoms with van der Waals surface area (Å²) in [5, 5.41) is 3.94. The molecule has 0 saturated heterocycles. The molecule has 0 radical (unpaired) electrons. The van der Waals surface area contributed by atoms with E-state index in [1.165, 1.54) is 6.20 Å². The van der Waals surface area contributed by atoms with E-state index in [1.807, 2.05) is 0 Å². The summed E-state index contributed by atoms with van der Waals surface area (Å²) in [5.41, 5.74) is 0.521. The molecular formula is C15H13Cl3N2O2. The van der Waals surface area contributed by atoms with Crippen molar-refractivity contribution in [1.29, 1.82) is 0 Å². The zero-order chi connectivity index (χ0) is 15.9. The van der Waals surface area contributed by atoms with E-state index in [2.05, 4.69) is 10.3 Å². The number of ether oxygens (including phenoxy) is 1. The van der Waals surface area contributed by atoms with Gasteiger partial charge in [-0.2, -0.15) is 0 Å². The third kappa shape index (κ3) is 4.77. The Morgan fingerprint density at radius 2 is 1.95 bits per heavy atom. The monoisotopic (exact) mass is 358 g/mol. The summed E-state index contributed by atoms with van der Waals surface area (Å²) in [4.78, 5) is 15.7. The Morgan fingerprint density at radius 1 is 1.23 bits per heavy atom. The molecule has 2 aromatic rings. The van der Waals surface area contributed by atoms with Gasteiger partial charge >= 0.3 is 0 Å². The van der Waals surface area contributed by atoms with Gasteiger partial charge in [0, 0.05) is 24.0 Å². The summed E-state index contributed by atoms with van der Waals surface area (Å²) >= 11 is 17.8. The van der Waals surface area contributed by atoms with Gasteiger partial charge in [0.15, 0.2) is 5.75 Å². The van der Waals surface area contributed by atoms with Crippen molar-refractivity contribution in [3.05, 3.63) is 57.3 Å². The number of amides is 1. The van der Waals surface area contributed by atoms with E-state index in [-0.39, 0.29) is 5.91 Å². The molecule has 1 N–H and O–H groups in total. The summed E-state index contributed by atoms with van der Waals surface area (Å²) in [6, 6.07) is 6.54. The molecule has 0 bridgehead atoms. The van der Waals surface area contributed by atoms with Crippen LogP contribution >= 0.6 is 34.8 Å². The molecule has 4 nitrogen and oxygen atoms in total. The maximum atomic E-state index is 11.8. The first kappa shape index (κ1) is 16.9. The van der Waals surface area contributed by atoms with Crippen LogP contribution in [0.4, 0.5) is 0 Å². The van der Waals surface area contributed by atoms with Gasteiger partial charge in [0.2, 0.25) is 0 Å². The minimum absolute atomic E-state index is 0.171. The van der Waals surface area contributed by atoms with Gasteiger partial charge in [-0.3, -0.25) is 9.78 Å². The van der Waals surface area contributed by atoms with Gasteiger partial charge < -0.3 is 10.1 Å². The fourth-order valence-electron chi connectivity index (χ4n) is 1.71. The van der Waals surface area contributed by atoms with Crippen molar-refractivity contribution in [2.75, 3.05) is 13.2 Å². The molecular weight excluding hydrogens is 347 g/mol. The number of hydrogen-bond acceptors (Lipinski definition) is 3. The van der Waals surface area contributed by atoms with Crippen LogP contribution in [0.3, 0.4) is 0 Å². The smallest absolute Gasteiger partial charge is 0.252 e. The number of hydrogen-bond donors (Lipinski definition) is 1. The summed E-state index contributed by atoms with van der Waals surface area (Å²) in [6.07, 6.45) is 3.74. The molecule has 7 heteroatoms. The molecule has 1 aromatic carbocycles. The largest absolute Gasteiger partial charge is 0.490 e. The predicted molar refractivity (Wildman–Crippen MR) is 88.2 cm³/mol. The molecule has 0 aliphatic rings. The average Bonchev–Trinajstić information content (AvgIpc) is 2.49. The molecule has 0 aliphatic carbocycles. The third-order valence-electron chi connectivity index (χ3n) is 2.74. The second-order valence-electron chi connectivity index (χ2n) is 4.40. The Balaban J connectivity index is 1.75.